The quantitative estimate of drug-likeness (QED) is 0.753. The van der Waals surface area contributed by atoms with Crippen LogP contribution >= 0.6 is 24.8 Å². The first-order chi connectivity index (χ1) is 11.0. The number of rotatable bonds is 7. The summed E-state index contributed by atoms with van der Waals surface area (Å²) >= 11 is 0. The molecule has 2 rings (SSSR count). The van der Waals surface area contributed by atoms with Gasteiger partial charge in [-0.05, 0) is 24.5 Å². The molecule has 1 amide bonds. The molecule has 0 aliphatic heterocycles. The van der Waals surface area contributed by atoms with Crippen molar-refractivity contribution in [3.63, 3.8) is 0 Å². The van der Waals surface area contributed by atoms with Crippen LogP contribution in [0.3, 0.4) is 0 Å². The molecule has 9 heteroatoms. The van der Waals surface area contributed by atoms with Crippen LogP contribution in [0.2, 0.25) is 0 Å². The number of aromatic nitrogens is 3. The van der Waals surface area contributed by atoms with Crippen molar-refractivity contribution in [3.8, 4) is 11.4 Å². The minimum absolute atomic E-state index is 0. The molecule has 0 aliphatic carbocycles. The van der Waals surface area contributed by atoms with Gasteiger partial charge >= 0.3 is 0 Å². The lowest BCUT2D eigenvalue weighted by atomic mass is 10.0. The Morgan fingerprint density at radius 3 is 2.64 bits per heavy atom. The van der Waals surface area contributed by atoms with E-state index >= 15 is 0 Å². The lowest BCUT2D eigenvalue weighted by Crippen LogP contribution is -2.43. The molecule has 0 fully saturated rings. The minimum Gasteiger partial charge on any atom is -0.343 e. The van der Waals surface area contributed by atoms with Gasteiger partial charge in [0.15, 0.2) is 0 Å². The molecule has 0 bridgehead atoms. The van der Waals surface area contributed by atoms with Crippen LogP contribution in [-0.2, 0) is 4.79 Å². The van der Waals surface area contributed by atoms with Crippen molar-refractivity contribution in [1.82, 2.24) is 20.4 Å². The maximum absolute atomic E-state index is 12.2. The van der Waals surface area contributed by atoms with Gasteiger partial charge in [-0.2, -0.15) is 4.98 Å². The lowest BCUT2D eigenvalue weighted by molar-refractivity contribution is -0.123. The highest BCUT2D eigenvalue weighted by atomic mass is 35.5. The summed E-state index contributed by atoms with van der Waals surface area (Å²) in [6, 6.07) is 2.75. The van der Waals surface area contributed by atoms with Crippen LogP contribution < -0.4 is 11.1 Å². The van der Waals surface area contributed by atoms with Gasteiger partial charge in [0, 0.05) is 18.0 Å². The zero-order valence-corrected chi connectivity index (χ0v) is 16.1. The second kappa shape index (κ2) is 11.0. The van der Waals surface area contributed by atoms with E-state index in [1.807, 2.05) is 26.8 Å². The molecule has 140 valence electrons. The van der Waals surface area contributed by atoms with E-state index in [1.165, 1.54) is 0 Å². The monoisotopic (exact) mass is 389 g/mol. The molecule has 3 N–H and O–H groups in total. The van der Waals surface area contributed by atoms with Gasteiger partial charge in [-0.25, -0.2) is 0 Å². The SMILES string of the molecule is CCCC(N)C(=O)NC(c1nc(-c2cccnc2)no1)C(C)C.Cl.Cl. The molecule has 2 heterocycles. The summed E-state index contributed by atoms with van der Waals surface area (Å²) < 4.78 is 5.34. The fourth-order valence-electron chi connectivity index (χ4n) is 2.19. The van der Waals surface area contributed by atoms with Crippen LogP contribution in [0.5, 0.6) is 0 Å². The number of nitrogens with zero attached hydrogens (tertiary/aromatic N) is 3. The molecule has 2 unspecified atom stereocenters. The molecule has 25 heavy (non-hydrogen) atoms. The standard InChI is InChI=1S/C16H23N5O2.2ClH/c1-4-6-12(17)15(22)19-13(10(2)3)16-20-14(21-23-16)11-7-5-8-18-9-11;;/h5,7-10,12-13H,4,6,17H2,1-3H3,(H,19,22);2*1H. The largest absolute Gasteiger partial charge is 0.343 e. The van der Waals surface area contributed by atoms with Gasteiger partial charge in [0.25, 0.3) is 0 Å². The van der Waals surface area contributed by atoms with E-state index in [9.17, 15) is 4.79 Å². The van der Waals surface area contributed by atoms with Gasteiger partial charge < -0.3 is 15.6 Å². The number of amides is 1. The van der Waals surface area contributed by atoms with Crippen molar-refractivity contribution >= 4 is 30.7 Å². The van der Waals surface area contributed by atoms with Crippen molar-refractivity contribution in [2.24, 2.45) is 11.7 Å². The molecule has 0 aromatic carbocycles. The Hall–Kier alpha value is -1.70. The number of hydrogen-bond acceptors (Lipinski definition) is 6. The van der Waals surface area contributed by atoms with Gasteiger partial charge in [0.05, 0.1) is 6.04 Å². The highest BCUT2D eigenvalue weighted by molar-refractivity contribution is 5.85. The Labute approximate surface area is 160 Å². The Kier molecular flexibility index (Phi) is 10.3. The molecule has 0 saturated heterocycles. The van der Waals surface area contributed by atoms with Crippen molar-refractivity contribution < 1.29 is 9.32 Å². The number of carbonyl (C=O) groups is 1. The van der Waals surface area contributed by atoms with Crippen molar-refractivity contribution in [3.05, 3.63) is 30.4 Å². The van der Waals surface area contributed by atoms with Crippen molar-refractivity contribution in [2.45, 2.75) is 45.7 Å². The second-order valence-electron chi connectivity index (χ2n) is 5.82. The summed E-state index contributed by atoms with van der Waals surface area (Å²) in [6.07, 6.45) is 4.83. The highest BCUT2D eigenvalue weighted by Gasteiger charge is 2.26. The molecule has 0 spiro atoms. The zero-order chi connectivity index (χ0) is 16.8. The van der Waals surface area contributed by atoms with Crippen molar-refractivity contribution in [1.29, 1.82) is 0 Å². The Balaban J connectivity index is 0.00000288. The third-order valence-electron chi connectivity index (χ3n) is 3.53. The van der Waals surface area contributed by atoms with E-state index < -0.39 is 6.04 Å². The summed E-state index contributed by atoms with van der Waals surface area (Å²) in [6.45, 7) is 5.94. The van der Waals surface area contributed by atoms with E-state index in [-0.39, 0.29) is 42.7 Å². The van der Waals surface area contributed by atoms with Crippen LogP contribution in [0.4, 0.5) is 0 Å². The average molecular weight is 390 g/mol. The summed E-state index contributed by atoms with van der Waals surface area (Å²) in [5.41, 5.74) is 6.63. The van der Waals surface area contributed by atoms with Gasteiger partial charge in [-0.3, -0.25) is 9.78 Å². The summed E-state index contributed by atoms with van der Waals surface area (Å²) in [5, 5.41) is 6.88. The van der Waals surface area contributed by atoms with Gasteiger partial charge in [-0.15, -0.1) is 24.8 Å². The predicted molar refractivity (Wildman–Crippen MR) is 101 cm³/mol. The van der Waals surface area contributed by atoms with Crippen LogP contribution in [0.15, 0.2) is 29.0 Å². The number of nitrogens with two attached hydrogens (primary N) is 1. The average Bonchev–Trinajstić information content (AvgIpc) is 3.02. The van der Waals surface area contributed by atoms with E-state index in [0.29, 0.717) is 18.1 Å². The maximum atomic E-state index is 12.2. The first-order valence-electron chi connectivity index (χ1n) is 7.82. The van der Waals surface area contributed by atoms with Gasteiger partial charge in [0.2, 0.25) is 17.6 Å². The van der Waals surface area contributed by atoms with E-state index in [2.05, 4.69) is 20.4 Å². The Bertz CT molecular complexity index is 636. The summed E-state index contributed by atoms with van der Waals surface area (Å²) in [4.78, 5) is 20.6. The van der Waals surface area contributed by atoms with Crippen LogP contribution in [-0.4, -0.2) is 27.1 Å². The predicted octanol–water partition coefficient (Wildman–Crippen LogP) is 2.92. The van der Waals surface area contributed by atoms with Crippen LogP contribution in [0, 0.1) is 5.92 Å². The number of pyridine rings is 1. The fraction of sp³-hybridized carbons (Fsp3) is 0.500. The highest BCUT2D eigenvalue weighted by Crippen LogP contribution is 2.23. The third-order valence-corrected chi connectivity index (χ3v) is 3.53. The molecule has 2 atom stereocenters. The van der Waals surface area contributed by atoms with Crippen LogP contribution in [0.25, 0.3) is 11.4 Å². The maximum Gasteiger partial charge on any atom is 0.249 e. The summed E-state index contributed by atoms with van der Waals surface area (Å²) in [5.74, 6) is 0.711. The Morgan fingerprint density at radius 1 is 1.36 bits per heavy atom. The number of hydrogen-bond donors (Lipinski definition) is 2. The molecular formula is C16H25Cl2N5O2. The molecule has 2 aromatic rings. The number of carbonyl (C=O) groups excluding carboxylic acids is 1. The molecule has 0 saturated carbocycles. The normalized spacial score (nSPS) is 12.7. The summed E-state index contributed by atoms with van der Waals surface area (Å²) in [7, 11) is 0. The molecule has 7 nitrogen and oxygen atoms in total. The van der Waals surface area contributed by atoms with Gasteiger partial charge in [0.1, 0.15) is 6.04 Å². The molecule has 0 aliphatic rings. The van der Waals surface area contributed by atoms with Gasteiger partial charge in [-0.1, -0.05) is 32.3 Å². The van der Waals surface area contributed by atoms with E-state index in [4.69, 9.17) is 10.3 Å². The van der Waals surface area contributed by atoms with E-state index in [1.54, 1.807) is 18.5 Å². The third kappa shape index (κ3) is 6.26. The first-order valence-corrected chi connectivity index (χ1v) is 7.82. The number of nitrogens with one attached hydrogen (secondary N) is 1. The minimum atomic E-state index is -0.526. The molecule has 0 radical (unpaired) electrons. The Morgan fingerprint density at radius 2 is 2.08 bits per heavy atom. The van der Waals surface area contributed by atoms with E-state index in [0.717, 1.165) is 12.0 Å². The smallest absolute Gasteiger partial charge is 0.249 e. The van der Waals surface area contributed by atoms with Crippen molar-refractivity contribution in [2.75, 3.05) is 0 Å². The fourth-order valence-corrected chi connectivity index (χ4v) is 2.19. The first kappa shape index (κ1) is 23.3. The number of halogens is 2. The topological polar surface area (TPSA) is 107 Å². The van der Waals surface area contributed by atoms with Crippen LogP contribution in [0.1, 0.15) is 45.5 Å². The molecular weight excluding hydrogens is 365 g/mol. The molecule has 2 aromatic heterocycles. The lowest BCUT2D eigenvalue weighted by Gasteiger charge is -2.20. The second-order valence-corrected chi connectivity index (χ2v) is 5.82. The zero-order valence-electron chi connectivity index (χ0n) is 14.5.